The molecule has 1 amide bonds. The maximum atomic E-state index is 13.9. The summed E-state index contributed by atoms with van der Waals surface area (Å²) in [6.07, 6.45) is 12.0. The first-order valence-electron chi connectivity index (χ1n) is 16.3. The lowest BCUT2D eigenvalue weighted by Crippen LogP contribution is -2.72. The summed E-state index contributed by atoms with van der Waals surface area (Å²) in [7, 11) is 0. The van der Waals surface area contributed by atoms with Crippen LogP contribution in [0.2, 0.25) is 0 Å². The van der Waals surface area contributed by atoms with Gasteiger partial charge in [-0.15, -0.1) is 0 Å². The van der Waals surface area contributed by atoms with E-state index in [1.807, 2.05) is 23.1 Å². The van der Waals surface area contributed by atoms with Crippen LogP contribution < -0.4 is 5.73 Å². The highest BCUT2D eigenvalue weighted by atomic mass is 16.3. The Morgan fingerprint density at radius 3 is 2.51 bits per heavy atom. The van der Waals surface area contributed by atoms with Crippen LogP contribution in [0.5, 0.6) is 0 Å². The number of Topliss-reactive ketones (excluding diaryl/α,β-unsaturated/α-hetero) is 1. The zero-order chi connectivity index (χ0) is 30.2. The van der Waals surface area contributed by atoms with Crippen LogP contribution >= 0.6 is 0 Å². The number of likely N-dealkylation sites (tertiary alicyclic amines) is 1. The quantitative estimate of drug-likeness (QED) is 0.486. The molecule has 43 heavy (non-hydrogen) atoms. The fraction of sp³-hybridized carbons (Fsp3) is 0.639. The average molecular weight is 585 g/mol. The lowest BCUT2D eigenvalue weighted by atomic mass is 9.38. The maximum absolute atomic E-state index is 13.9. The highest BCUT2D eigenvalue weighted by molar-refractivity contribution is 6.01. The van der Waals surface area contributed by atoms with Crippen molar-refractivity contribution in [1.29, 1.82) is 0 Å². The number of rotatable bonds is 5. The van der Waals surface area contributed by atoms with Gasteiger partial charge < -0.3 is 20.8 Å². The highest BCUT2D eigenvalue weighted by Crippen LogP contribution is 2.72. The van der Waals surface area contributed by atoms with Crippen LogP contribution in [0.1, 0.15) is 74.7 Å². The summed E-state index contributed by atoms with van der Waals surface area (Å²) >= 11 is 0. The second kappa shape index (κ2) is 8.76. The molecule has 8 aliphatic rings. The highest BCUT2D eigenvalue weighted by Gasteiger charge is 2.73. The van der Waals surface area contributed by atoms with Gasteiger partial charge in [-0.25, -0.2) is 0 Å². The number of carbonyl (C=O) groups is 3. The smallest absolute Gasteiger partial charge is 0.253 e. The van der Waals surface area contributed by atoms with Crippen molar-refractivity contribution in [1.82, 2.24) is 4.90 Å². The van der Waals surface area contributed by atoms with Gasteiger partial charge in [0.2, 0.25) is 0 Å². The van der Waals surface area contributed by atoms with E-state index in [1.165, 1.54) is 5.56 Å². The third kappa shape index (κ3) is 3.56. The predicted molar refractivity (Wildman–Crippen MR) is 161 cm³/mol. The number of carbonyl (C=O) groups excluding carboxylic acids is 3. The van der Waals surface area contributed by atoms with E-state index in [2.05, 4.69) is 26.0 Å². The molecule has 8 atom stereocenters. The van der Waals surface area contributed by atoms with Gasteiger partial charge in [0.05, 0.1) is 11.5 Å². The zero-order valence-electron chi connectivity index (χ0n) is 25.4. The van der Waals surface area contributed by atoms with Gasteiger partial charge in [0.1, 0.15) is 6.61 Å². The fourth-order valence-electron chi connectivity index (χ4n) is 12.3. The van der Waals surface area contributed by atoms with E-state index in [0.29, 0.717) is 23.9 Å². The third-order valence-electron chi connectivity index (χ3n) is 13.9. The Morgan fingerprint density at radius 1 is 1.12 bits per heavy atom. The van der Waals surface area contributed by atoms with Crippen LogP contribution in [0.15, 0.2) is 48.1 Å². The average Bonchev–Trinajstić information content (AvgIpc) is 3.44. The Balaban J connectivity index is 1.06. The lowest BCUT2D eigenvalue weighted by Gasteiger charge is -2.69. The number of amides is 1. The molecule has 0 unspecified atom stereocenters. The first-order valence-corrected chi connectivity index (χ1v) is 16.3. The normalized spacial score (nSPS) is 47.0. The van der Waals surface area contributed by atoms with E-state index in [9.17, 15) is 24.6 Å². The molecule has 0 spiro atoms. The van der Waals surface area contributed by atoms with Crippen molar-refractivity contribution in [3.63, 3.8) is 0 Å². The third-order valence-corrected chi connectivity index (χ3v) is 13.9. The molecule has 2 bridgehead atoms. The van der Waals surface area contributed by atoms with E-state index in [0.717, 1.165) is 50.5 Å². The molecule has 1 heterocycles. The van der Waals surface area contributed by atoms with Crippen LogP contribution in [0, 0.1) is 45.3 Å². The summed E-state index contributed by atoms with van der Waals surface area (Å²) < 4.78 is 0. The summed E-state index contributed by atoms with van der Waals surface area (Å²) in [5.41, 5.74) is 7.87. The second-order valence-corrected chi connectivity index (χ2v) is 16.1. The van der Waals surface area contributed by atoms with Crippen molar-refractivity contribution in [3.05, 3.63) is 59.2 Å². The number of nitrogens with two attached hydrogens (primary N) is 1. The number of aliphatic hydroxyl groups excluding tert-OH is 2. The number of nitrogens with zero attached hydrogens (tertiary/aromatic N) is 1. The summed E-state index contributed by atoms with van der Waals surface area (Å²) in [5.74, 6) is 0.0816. The maximum Gasteiger partial charge on any atom is 0.253 e. The van der Waals surface area contributed by atoms with Gasteiger partial charge in [-0.1, -0.05) is 37.6 Å². The molecule has 4 N–H and O–H groups in total. The molecule has 6 saturated carbocycles. The topological polar surface area (TPSA) is 121 Å². The van der Waals surface area contributed by atoms with Crippen LogP contribution in [0.4, 0.5) is 0 Å². The van der Waals surface area contributed by atoms with E-state index < -0.39 is 23.5 Å². The number of allylic oxidation sites excluding steroid dienone is 4. The van der Waals surface area contributed by atoms with Crippen LogP contribution in [-0.4, -0.2) is 63.9 Å². The first-order chi connectivity index (χ1) is 20.4. The minimum atomic E-state index is -0.883. The molecule has 9 rings (SSSR count). The number of hydrogen-bond donors (Lipinski definition) is 3. The van der Waals surface area contributed by atoms with Gasteiger partial charge in [-0.3, -0.25) is 14.4 Å². The molecule has 7 aliphatic carbocycles. The van der Waals surface area contributed by atoms with Crippen molar-refractivity contribution in [2.75, 3.05) is 19.7 Å². The molecule has 7 heteroatoms. The molecule has 7 fully saturated rings. The lowest BCUT2D eigenvalue weighted by molar-refractivity contribution is -0.158. The summed E-state index contributed by atoms with van der Waals surface area (Å²) in [6.45, 7) is 4.53. The van der Waals surface area contributed by atoms with Gasteiger partial charge >= 0.3 is 0 Å². The standard InChI is InChI=1S/C36H44N2O5/c1-32-10-9-25(40)11-23(32)7-8-26-27-12-24-15-38(20-36(24,29(42)16-39)33(27,2)14-28(41)30(26)32)31(43)22-5-3-21(4-6-22)13-34-17-35(37,18-34)19-34/h3-6,9-11,24,26-28,30,39,41H,7-8,12-20,37H2,1-2H3/t24-,26-,27-,28-,30+,32-,33-,34?,35?,36+/m0/s1. The van der Waals surface area contributed by atoms with E-state index >= 15 is 0 Å². The fourth-order valence-corrected chi connectivity index (χ4v) is 12.3. The van der Waals surface area contributed by atoms with Crippen molar-refractivity contribution in [2.24, 2.45) is 51.1 Å². The monoisotopic (exact) mass is 584 g/mol. The molecule has 7 nitrogen and oxygen atoms in total. The minimum absolute atomic E-state index is 0.0162. The largest absolute Gasteiger partial charge is 0.393 e. The summed E-state index contributed by atoms with van der Waals surface area (Å²) in [6, 6.07) is 7.98. The van der Waals surface area contributed by atoms with Crippen molar-refractivity contribution < 1.29 is 24.6 Å². The van der Waals surface area contributed by atoms with Gasteiger partial charge in [0.25, 0.3) is 5.91 Å². The number of ketones is 2. The van der Waals surface area contributed by atoms with Gasteiger partial charge in [-0.2, -0.15) is 0 Å². The molecule has 1 saturated heterocycles. The van der Waals surface area contributed by atoms with E-state index in [-0.39, 0.29) is 58.6 Å². The Bertz CT molecular complexity index is 1480. The Hall–Kier alpha value is -2.61. The Kier molecular flexibility index (Phi) is 5.69. The number of benzene rings is 1. The van der Waals surface area contributed by atoms with Crippen LogP contribution in [-0.2, 0) is 16.0 Å². The van der Waals surface area contributed by atoms with Crippen molar-refractivity contribution in [3.8, 4) is 0 Å². The molecule has 1 aromatic carbocycles. The predicted octanol–water partition coefficient (Wildman–Crippen LogP) is 3.62. The SMILES string of the molecule is C[C@]12C=CC(=O)C=C1CC[C@@H]1[C@@H]2[C@@H](O)C[C@@]2(C)[C@H]1C[C@H]1CN(C(=O)c3ccc(CC45CC(N)(C4)C5)cc3)C[C@]12C(=O)CO. The molecule has 0 aromatic heterocycles. The van der Waals surface area contributed by atoms with Gasteiger partial charge in [0, 0.05) is 35.5 Å². The minimum Gasteiger partial charge on any atom is -0.393 e. The van der Waals surface area contributed by atoms with Gasteiger partial charge in [0.15, 0.2) is 11.6 Å². The molecule has 0 radical (unpaired) electrons. The van der Waals surface area contributed by atoms with Crippen LogP contribution in [0.3, 0.4) is 0 Å². The first kappa shape index (κ1) is 27.9. The molecular weight excluding hydrogens is 540 g/mol. The number of hydrogen-bond acceptors (Lipinski definition) is 6. The zero-order valence-corrected chi connectivity index (χ0v) is 25.4. The van der Waals surface area contributed by atoms with Crippen LogP contribution in [0.25, 0.3) is 0 Å². The second-order valence-electron chi connectivity index (χ2n) is 16.1. The van der Waals surface area contributed by atoms with Gasteiger partial charge in [-0.05, 0) is 110 Å². The Morgan fingerprint density at radius 2 is 1.84 bits per heavy atom. The van der Waals surface area contributed by atoms with Crippen molar-refractivity contribution in [2.45, 2.75) is 76.9 Å². The van der Waals surface area contributed by atoms with Crippen molar-refractivity contribution >= 4 is 17.5 Å². The number of fused-ring (bicyclic) bond motifs is 7. The summed E-state index contributed by atoms with van der Waals surface area (Å²) in [4.78, 5) is 41.8. The number of aliphatic hydroxyl groups is 2. The molecule has 1 aromatic rings. The molecular formula is C36H44N2O5. The summed E-state index contributed by atoms with van der Waals surface area (Å²) in [5, 5.41) is 22.2. The Labute approximate surface area is 253 Å². The van der Waals surface area contributed by atoms with E-state index in [4.69, 9.17) is 5.73 Å². The van der Waals surface area contributed by atoms with E-state index in [1.54, 1.807) is 12.2 Å². The molecule has 228 valence electrons. The molecule has 1 aliphatic heterocycles.